The van der Waals surface area contributed by atoms with Gasteiger partial charge in [-0.1, -0.05) is 30.3 Å². The number of nitrogens with one attached hydrogen (secondary N) is 2. The summed E-state index contributed by atoms with van der Waals surface area (Å²) in [6.07, 6.45) is 1.83. The van der Waals surface area contributed by atoms with Gasteiger partial charge in [0.2, 0.25) is 10.0 Å². The maximum absolute atomic E-state index is 11.7. The molecule has 0 fully saturated rings. The molecule has 0 bridgehead atoms. The van der Waals surface area contributed by atoms with Gasteiger partial charge in [-0.3, -0.25) is 5.10 Å². The molecule has 1 aromatic heterocycles. The molecule has 1 heterocycles. The third-order valence-corrected chi connectivity index (χ3v) is 3.75. The highest BCUT2D eigenvalue weighted by molar-refractivity contribution is 7.89. The van der Waals surface area contributed by atoms with Crippen molar-refractivity contribution in [3.8, 4) is 0 Å². The zero-order valence-corrected chi connectivity index (χ0v) is 10.5. The third-order valence-electron chi connectivity index (χ3n) is 2.43. The van der Waals surface area contributed by atoms with Crippen LogP contribution >= 0.6 is 0 Å². The van der Waals surface area contributed by atoms with Crippen LogP contribution < -0.4 is 4.72 Å². The predicted octanol–water partition coefficient (Wildman–Crippen LogP) is 0.467. The molecule has 0 radical (unpaired) electrons. The highest BCUT2D eigenvalue weighted by atomic mass is 32.2. The Morgan fingerprint density at radius 2 is 2.00 bits per heavy atom. The minimum Gasteiger partial charge on any atom is -0.262 e. The average molecular weight is 266 g/mol. The lowest BCUT2D eigenvalue weighted by Crippen LogP contribution is -2.27. The van der Waals surface area contributed by atoms with Crippen LogP contribution in [0.2, 0.25) is 0 Å². The number of aryl methyl sites for hydroxylation is 1. The summed E-state index contributed by atoms with van der Waals surface area (Å²) in [5.41, 5.74) is 1.00. The highest BCUT2D eigenvalue weighted by Crippen LogP contribution is 2.01. The van der Waals surface area contributed by atoms with Crippen molar-refractivity contribution >= 4 is 10.0 Å². The summed E-state index contributed by atoms with van der Waals surface area (Å²) in [6, 6.07) is 9.51. The van der Waals surface area contributed by atoms with Gasteiger partial charge in [-0.15, -0.1) is 0 Å². The second-order valence-corrected chi connectivity index (χ2v) is 5.73. The molecule has 0 saturated heterocycles. The number of aromatic amines is 1. The van der Waals surface area contributed by atoms with Crippen molar-refractivity contribution in [1.82, 2.24) is 19.9 Å². The van der Waals surface area contributed by atoms with Crippen molar-refractivity contribution in [2.24, 2.45) is 0 Å². The molecule has 2 aromatic rings. The van der Waals surface area contributed by atoms with Crippen LogP contribution in [0.1, 0.15) is 11.4 Å². The largest absolute Gasteiger partial charge is 0.262 e. The van der Waals surface area contributed by atoms with Crippen molar-refractivity contribution in [3.05, 3.63) is 48.0 Å². The van der Waals surface area contributed by atoms with Crippen molar-refractivity contribution in [3.63, 3.8) is 0 Å². The maximum Gasteiger partial charge on any atom is 0.212 e. The minimum absolute atomic E-state index is 0.0607. The number of H-pyrrole nitrogens is 1. The Hall–Kier alpha value is -1.73. The Morgan fingerprint density at radius 3 is 2.67 bits per heavy atom. The van der Waals surface area contributed by atoms with Crippen molar-refractivity contribution in [2.45, 2.75) is 13.0 Å². The first kappa shape index (κ1) is 12.7. The van der Waals surface area contributed by atoms with Crippen LogP contribution in [0.5, 0.6) is 0 Å². The van der Waals surface area contributed by atoms with Crippen LogP contribution in [0.25, 0.3) is 0 Å². The molecule has 0 amide bonds. The van der Waals surface area contributed by atoms with Gasteiger partial charge in [0.05, 0.1) is 12.3 Å². The van der Waals surface area contributed by atoms with Gasteiger partial charge >= 0.3 is 0 Å². The molecule has 0 aliphatic heterocycles. The second-order valence-electron chi connectivity index (χ2n) is 3.81. The van der Waals surface area contributed by atoms with Gasteiger partial charge in [0.25, 0.3) is 0 Å². The first-order chi connectivity index (χ1) is 8.66. The number of rotatable bonds is 6. The standard InChI is InChI=1S/C11H14N4O2S/c16-18(17,14-8-11-12-9-13-15-11)7-6-10-4-2-1-3-5-10/h1-5,9,14H,6-8H2,(H,12,13,15). The van der Waals surface area contributed by atoms with E-state index in [0.29, 0.717) is 12.2 Å². The van der Waals surface area contributed by atoms with Gasteiger partial charge < -0.3 is 0 Å². The Bertz CT molecular complexity index is 566. The van der Waals surface area contributed by atoms with E-state index in [9.17, 15) is 8.42 Å². The van der Waals surface area contributed by atoms with E-state index in [2.05, 4.69) is 19.9 Å². The summed E-state index contributed by atoms with van der Waals surface area (Å²) in [6.45, 7) is 0.136. The molecule has 0 unspecified atom stereocenters. The number of aromatic nitrogens is 3. The molecule has 1 aromatic carbocycles. The second kappa shape index (κ2) is 5.74. The van der Waals surface area contributed by atoms with Gasteiger partial charge in [0.15, 0.2) is 0 Å². The molecule has 0 spiro atoms. The van der Waals surface area contributed by atoms with Crippen molar-refractivity contribution < 1.29 is 8.42 Å². The number of sulfonamides is 1. The van der Waals surface area contributed by atoms with E-state index in [-0.39, 0.29) is 12.3 Å². The fourth-order valence-corrected chi connectivity index (χ4v) is 2.47. The van der Waals surface area contributed by atoms with E-state index < -0.39 is 10.0 Å². The molecule has 0 atom stereocenters. The molecule has 18 heavy (non-hydrogen) atoms. The van der Waals surface area contributed by atoms with Gasteiger partial charge in [0, 0.05) is 0 Å². The van der Waals surface area contributed by atoms with Crippen LogP contribution in [0.15, 0.2) is 36.7 Å². The molecular formula is C11H14N4O2S. The van der Waals surface area contributed by atoms with Gasteiger partial charge in [-0.2, -0.15) is 5.10 Å². The summed E-state index contributed by atoms with van der Waals surface area (Å²) in [5, 5.41) is 6.24. The number of hydrogen-bond donors (Lipinski definition) is 2. The Balaban J connectivity index is 1.84. The van der Waals surface area contributed by atoms with Crippen LogP contribution in [0.3, 0.4) is 0 Å². The molecule has 0 aliphatic carbocycles. The molecular weight excluding hydrogens is 252 g/mol. The fraction of sp³-hybridized carbons (Fsp3) is 0.273. The smallest absolute Gasteiger partial charge is 0.212 e. The lowest BCUT2D eigenvalue weighted by atomic mass is 10.2. The van der Waals surface area contributed by atoms with Gasteiger partial charge in [-0.25, -0.2) is 18.1 Å². The van der Waals surface area contributed by atoms with E-state index >= 15 is 0 Å². The molecule has 2 N–H and O–H groups in total. The SMILES string of the molecule is O=S(=O)(CCc1ccccc1)NCc1ncn[nH]1. The van der Waals surface area contributed by atoms with E-state index in [1.54, 1.807) is 0 Å². The highest BCUT2D eigenvalue weighted by Gasteiger charge is 2.10. The van der Waals surface area contributed by atoms with Crippen LogP contribution in [-0.4, -0.2) is 29.4 Å². The topological polar surface area (TPSA) is 87.7 Å². The first-order valence-electron chi connectivity index (χ1n) is 5.51. The van der Waals surface area contributed by atoms with Crippen LogP contribution in [0.4, 0.5) is 0 Å². The normalized spacial score (nSPS) is 11.6. The summed E-state index contributed by atoms with van der Waals surface area (Å²) in [7, 11) is -3.29. The summed E-state index contributed by atoms with van der Waals surface area (Å²) in [4.78, 5) is 3.84. The molecule has 0 aliphatic rings. The summed E-state index contributed by atoms with van der Waals surface area (Å²) >= 11 is 0. The lowest BCUT2D eigenvalue weighted by Gasteiger charge is -2.05. The van der Waals surface area contributed by atoms with E-state index in [4.69, 9.17) is 0 Å². The minimum atomic E-state index is -3.29. The zero-order chi connectivity index (χ0) is 12.8. The van der Waals surface area contributed by atoms with Crippen molar-refractivity contribution in [2.75, 3.05) is 5.75 Å². The molecule has 96 valence electrons. The van der Waals surface area contributed by atoms with Gasteiger partial charge in [-0.05, 0) is 12.0 Å². The Labute approximate surface area is 106 Å². The summed E-state index contributed by atoms with van der Waals surface area (Å²) < 4.78 is 25.9. The molecule has 2 rings (SSSR count). The predicted molar refractivity (Wildman–Crippen MR) is 67.2 cm³/mol. The quantitative estimate of drug-likeness (QED) is 0.795. The Morgan fingerprint density at radius 1 is 1.22 bits per heavy atom. The fourth-order valence-electron chi connectivity index (χ4n) is 1.46. The Kier molecular flexibility index (Phi) is 4.06. The third kappa shape index (κ3) is 3.94. The molecule has 7 heteroatoms. The van der Waals surface area contributed by atoms with E-state index in [1.807, 2.05) is 30.3 Å². The van der Waals surface area contributed by atoms with Crippen LogP contribution in [-0.2, 0) is 23.0 Å². The summed E-state index contributed by atoms with van der Waals surface area (Å²) in [5.74, 6) is 0.559. The zero-order valence-electron chi connectivity index (χ0n) is 9.70. The van der Waals surface area contributed by atoms with Crippen molar-refractivity contribution in [1.29, 1.82) is 0 Å². The first-order valence-corrected chi connectivity index (χ1v) is 7.16. The molecule has 0 saturated carbocycles. The van der Waals surface area contributed by atoms with E-state index in [0.717, 1.165) is 5.56 Å². The van der Waals surface area contributed by atoms with Gasteiger partial charge in [0.1, 0.15) is 12.2 Å². The average Bonchev–Trinajstić information content (AvgIpc) is 2.89. The van der Waals surface area contributed by atoms with E-state index in [1.165, 1.54) is 6.33 Å². The number of hydrogen-bond acceptors (Lipinski definition) is 4. The molecule has 6 nitrogen and oxygen atoms in total. The maximum atomic E-state index is 11.7. The lowest BCUT2D eigenvalue weighted by molar-refractivity contribution is 0.578. The number of benzene rings is 1. The monoisotopic (exact) mass is 266 g/mol. The number of nitrogens with zero attached hydrogens (tertiary/aromatic N) is 2. The van der Waals surface area contributed by atoms with Crippen LogP contribution in [0, 0.1) is 0 Å².